The zero-order chi connectivity index (χ0) is 15.5. The Bertz CT molecular complexity index is 446. The number of hydrogen-bond donors (Lipinski definition) is 0. The fraction of sp³-hybridized carbons (Fsp3) is 1.00. The van der Waals surface area contributed by atoms with Crippen LogP contribution in [-0.2, 0) is 19.2 Å². The molecular weight excluding hydrogens is 300 g/mol. The van der Waals surface area contributed by atoms with Crippen molar-refractivity contribution in [2.24, 2.45) is 23.7 Å². The van der Waals surface area contributed by atoms with Gasteiger partial charge < -0.3 is 9.47 Å². The van der Waals surface area contributed by atoms with Crippen molar-refractivity contribution in [1.29, 1.82) is 0 Å². The van der Waals surface area contributed by atoms with E-state index in [1.165, 1.54) is 12.8 Å². The first-order valence-corrected chi connectivity index (χ1v) is 9.87. The number of rotatable bonds is 2. The van der Waals surface area contributed by atoms with E-state index in [1.807, 2.05) is 18.7 Å². The topological polar surface area (TPSA) is 36.9 Å². The highest BCUT2D eigenvalue weighted by Gasteiger charge is 2.69. The van der Waals surface area contributed by atoms with E-state index in [2.05, 4.69) is 20.8 Å². The summed E-state index contributed by atoms with van der Waals surface area (Å²) >= 11 is 1.89. The van der Waals surface area contributed by atoms with Crippen molar-refractivity contribution in [1.82, 2.24) is 0 Å². The van der Waals surface area contributed by atoms with Gasteiger partial charge in [0.2, 0.25) is 5.79 Å². The molecule has 8 atom stereocenters. The molecular formula is C17H28O4S. The second kappa shape index (κ2) is 5.35. The van der Waals surface area contributed by atoms with Gasteiger partial charge in [0.05, 0.1) is 0 Å². The van der Waals surface area contributed by atoms with Crippen molar-refractivity contribution in [2.75, 3.05) is 5.75 Å². The van der Waals surface area contributed by atoms with Crippen LogP contribution in [0.5, 0.6) is 0 Å². The fourth-order valence-corrected chi connectivity index (χ4v) is 6.23. The largest absolute Gasteiger partial charge is 0.335 e. The summed E-state index contributed by atoms with van der Waals surface area (Å²) in [6.07, 6.45) is 4.16. The van der Waals surface area contributed by atoms with Crippen LogP contribution in [0, 0.1) is 23.7 Å². The van der Waals surface area contributed by atoms with Crippen LogP contribution < -0.4 is 0 Å². The van der Waals surface area contributed by atoms with Crippen LogP contribution in [0.2, 0.25) is 0 Å². The second-order valence-electron chi connectivity index (χ2n) is 7.73. The molecule has 1 aliphatic carbocycles. The standard InChI is InChI=1S/C17H28O4S/c1-5-22-14-11(3)13-7-6-10(2)12-8-9-16(4)19-15(18-14)17(12,13)21-20-16/h10-15H,5-9H2,1-4H3/t10-,11-,12+,13+,14-,15-,16-,17-/m1/s1. The molecule has 5 rings (SSSR count). The van der Waals surface area contributed by atoms with Gasteiger partial charge in [-0.2, -0.15) is 0 Å². The molecule has 4 heterocycles. The zero-order valence-electron chi connectivity index (χ0n) is 14.0. The first kappa shape index (κ1) is 15.7. The highest BCUT2D eigenvalue weighted by atomic mass is 32.2. The van der Waals surface area contributed by atoms with Crippen LogP contribution in [0.15, 0.2) is 0 Å². The minimum absolute atomic E-state index is 0.200. The molecule has 1 spiro atoms. The average molecular weight is 328 g/mol. The highest BCUT2D eigenvalue weighted by molar-refractivity contribution is 7.99. The van der Waals surface area contributed by atoms with Gasteiger partial charge in [-0.05, 0) is 49.7 Å². The Kier molecular flexibility index (Phi) is 3.82. The molecule has 0 radical (unpaired) electrons. The predicted octanol–water partition coefficient (Wildman–Crippen LogP) is 3.95. The van der Waals surface area contributed by atoms with E-state index in [4.69, 9.17) is 19.2 Å². The monoisotopic (exact) mass is 328 g/mol. The number of hydrogen-bond acceptors (Lipinski definition) is 5. The summed E-state index contributed by atoms with van der Waals surface area (Å²) in [5.41, 5.74) is -0.205. The van der Waals surface area contributed by atoms with Gasteiger partial charge in [-0.15, -0.1) is 11.8 Å². The Balaban J connectivity index is 1.75. The number of fused-ring (bicyclic) bond motifs is 2. The van der Waals surface area contributed by atoms with E-state index in [0.29, 0.717) is 23.7 Å². The van der Waals surface area contributed by atoms with Crippen molar-refractivity contribution in [3.8, 4) is 0 Å². The molecule has 0 aromatic heterocycles. The van der Waals surface area contributed by atoms with Gasteiger partial charge >= 0.3 is 0 Å². The van der Waals surface area contributed by atoms with Crippen molar-refractivity contribution in [3.05, 3.63) is 0 Å². The maximum Gasteiger partial charge on any atom is 0.201 e. The van der Waals surface area contributed by atoms with Crippen molar-refractivity contribution in [2.45, 2.75) is 76.5 Å². The molecule has 4 nitrogen and oxygen atoms in total. The maximum atomic E-state index is 6.43. The molecule has 1 saturated carbocycles. The van der Waals surface area contributed by atoms with E-state index < -0.39 is 11.4 Å². The van der Waals surface area contributed by atoms with Crippen molar-refractivity contribution >= 4 is 11.8 Å². The lowest BCUT2D eigenvalue weighted by molar-refractivity contribution is -0.568. The Labute approximate surface area is 137 Å². The SMILES string of the molecule is CCS[C@H]1O[C@@H]2O[C@@]3(C)CC[C@H]4[C@H](C)CC[C@@H]([C@H]1C)[C@@]24OO3. The summed E-state index contributed by atoms with van der Waals surface area (Å²) in [5.74, 6) is 2.44. The summed E-state index contributed by atoms with van der Waals surface area (Å²) in [4.78, 5) is 11.9. The van der Waals surface area contributed by atoms with Gasteiger partial charge in [0.25, 0.3) is 0 Å². The van der Waals surface area contributed by atoms with Gasteiger partial charge in [-0.1, -0.05) is 20.8 Å². The van der Waals surface area contributed by atoms with Gasteiger partial charge in [0.15, 0.2) is 11.9 Å². The predicted molar refractivity (Wildman–Crippen MR) is 85.0 cm³/mol. The summed E-state index contributed by atoms with van der Waals surface area (Å²) in [5, 5.41) is 0. The second-order valence-corrected chi connectivity index (χ2v) is 9.10. The Morgan fingerprint density at radius 1 is 1.09 bits per heavy atom. The lowest BCUT2D eigenvalue weighted by atomic mass is 9.58. The Morgan fingerprint density at radius 3 is 2.68 bits per heavy atom. The summed E-state index contributed by atoms with van der Waals surface area (Å²) < 4.78 is 12.8. The van der Waals surface area contributed by atoms with Crippen LogP contribution in [0.3, 0.4) is 0 Å². The molecule has 4 aliphatic heterocycles. The van der Waals surface area contributed by atoms with E-state index in [-0.39, 0.29) is 11.7 Å². The Morgan fingerprint density at radius 2 is 1.91 bits per heavy atom. The zero-order valence-corrected chi connectivity index (χ0v) is 14.9. The van der Waals surface area contributed by atoms with Gasteiger partial charge in [0, 0.05) is 12.3 Å². The molecule has 0 amide bonds. The van der Waals surface area contributed by atoms with Crippen LogP contribution >= 0.6 is 11.8 Å². The van der Waals surface area contributed by atoms with E-state index in [9.17, 15) is 0 Å². The maximum absolute atomic E-state index is 6.43. The number of thioether (sulfide) groups is 1. The lowest BCUT2D eigenvalue weighted by Gasteiger charge is -2.60. The summed E-state index contributed by atoms with van der Waals surface area (Å²) in [7, 11) is 0. The highest BCUT2D eigenvalue weighted by Crippen LogP contribution is 2.61. The third kappa shape index (κ3) is 2.05. The molecule has 5 fully saturated rings. The van der Waals surface area contributed by atoms with Gasteiger partial charge in [-0.3, -0.25) is 0 Å². The lowest BCUT2D eigenvalue weighted by Crippen LogP contribution is -2.70. The van der Waals surface area contributed by atoms with E-state index >= 15 is 0 Å². The van der Waals surface area contributed by atoms with Gasteiger partial charge in [-0.25, -0.2) is 9.78 Å². The van der Waals surface area contributed by atoms with E-state index in [0.717, 1.165) is 18.6 Å². The fourth-order valence-electron chi connectivity index (χ4n) is 5.23. The van der Waals surface area contributed by atoms with Crippen LogP contribution in [0.1, 0.15) is 53.4 Å². The van der Waals surface area contributed by atoms with Gasteiger partial charge in [0.1, 0.15) is 5.44 Å². The smallest absolute Gasteiger partial charge is 0.201 e. The first-order valence-electron chi connectivity index (χ1n) is 8.82. The molecule has 0 aromatic rings. The van der Waals surface area contributed by atoms with Crippen LogP contribution in [0.4, 0.5) is 0 Å². The molecule has 5 aliphatic rings. The normalized spacial score (nSPS) is 57.3. The molecule has 5 heteroatoms. The molecule has 126 valence electrons. The Hall–Kier alpha value is 0.190. The number of ether oxygens (including phenoxy) is 2. The minimum atomic E-state index is -0.653. The van der Waals surface area contributed by atoms with Crippen molar-refractivity contribution < 1.29 is 19.2 Å². The van der Waals surface area contributed by atoms with Crippen LogP contribution in [-0.4, -0.2) is 28.9 Å². The molecule has 2 bridgehead atoms. The van der Waals surface area contributed by atoms with Crippen LogP contribution in [0.25, 0.3) is 0 Å². The molecule has 22 heavy (non-hydrogen) atoms. The minimum Gasteiger partial charge on any atom is -0.335 e. The third-order valence-electron chi connectivity index (χ3n) is 6.43. The average Bonchev–Trinajstić information content (AvgIpc) is 2.71. The molecule has 4 saturated heterocycles. The summed E-state index contributed by atoms with van der Waals surface area (Å²) in [6.45, 7) is 8.85. The molecule has 0 unspecified atom stereocenters. The summed E-state index contributed by atoms with van der Waals surface area (Å²) in [6, 6.07) is 0. The first-order chi connectivity index (χ1) is 10.5. The molecule has 0 aromatic carbocycles. The van der Waals surface area contributed by atoms with E-state index in [1.54, 1.807) is 0 Å². The quantitative estimate of drug-likeness (QED) is 0.718. The third-order valence-corrected chi connectivity index (χ3v) is 7.63. The van der Waals surface area contributed by atoms with Crippen molar-refractivity contribution in [3.63, 3.8) is 0 Å². The molecule has 0 N–H and O–H groups in total.